The van der Waals surface area contributed by atoms with Gasteiger partial charge in [0.15, 0.2) is 12.2 Å². The summed E-state index contributed by atoms with van der Waals surface area (Å²) in [4.78, 5) is 73.1. The average Bonchev–Trinajstić information content (AvgIpc) is 0.913. The fourth-order valence-electron chi connectivity index (χ4n) is 13.3. The maximum Gasteiger partial charge on any atom is 0.472 e. The number of carbonyl (C=O) groups excluding carboxylic acids is 4. The molecule has 0 aromatic carbocycles. The lowest BCUT2D eigenvalue weighted by Gasteiger charge is -2.21. The lowest BCUT2D eigenvalue weighted by molar-refractivity contribution is -0.161. The quantitative estimate of drug-likeness (QED) is 0.0222. The van der Waals surface area contributed by atoms with Gasteiger partial charge in [-0.15, -0.1) is 0 Å². The second-order valence-electron chi connectivity index (χ2n) is 30.8. The Balaban J connectivity index is 5.18. The Kier molecular flexibility index (Phi) is 76.3. The summed E-state index contributed by atoms with van der Waals surface area (Å²) in [6, 6.07) is 0. The van der Waals surface area contributed by atoms with Gasteiger partial charge in [-0.2, -0.15) is 0 Å². The first-order valence-electron chi connectivity index (χ1n) is 44.2. The van der Waals surface area contributed by atoms with E-state index < -0.39 is 97.5 Å². The zero-order valence-electron chi connectivity index (χ0n) is 68.2. The third-order valence-electron chi connectivity index (χ3n) is 20.4. The lowest BCUT2D eigenvalue weighted by atomic mass is 9.99. The van der Waals surface area contributed by atoms with Gasteiger partial charge >= 0.3 is 39.5 Å². The molecule has 6 atom stereocenters. The van der Waals surface area contributed by atoms with E-state index in [2.05, 4.69) is 34.6 Å². The van der Waals surface area contributed by atoms with E-state index in [1.807, 2.05) is 0 Å². The maximum absolute atomic E-state index is 13.1. The largest absolute Gasteiger partial charge is 0.472 e. The molecule has 0 aromatic heterocycles. The fourth-order valence-corrected chi connectivity index (χ4v) is 14.8. The van der Waals surface area contributed by atoms with Gasteiger partial charge in [0, 0.05) is 25.7 Å². The Labute approximate surface area is 638 Å². The average molecular weight is 1520 g/mol. The molecular formula is C85H166O17P2. The van der Waals surface area contributed by atoms with Gasteiger partial charge in [-0.1, -0.05) is 407 Å². The van der Waals surface area contributed by atoms with Crippen molar-refractivity contribution in [3.05, 3.63) is 0 Å². The van der Waals surface area contributed by atoms with Gasteiger partial charge in [0.1, 0.15) is 19.3 Å². The van der Waals surface area contributed by atoms with Gasteiger partial charge < -0.3 is 33.8 Å². The molecule has 0 radical (unpaired) electrons. The van der Waals surface area contributed by atoms with Gasteiger partial charge in [0.05, 0.1) is 26.4 Å². The van der Waals surface area contributed by atoms with Crippen molar-refractivity contribution in [3.63, 3.8) is 0 Å². The number of rotatable bonds is 85. The van der Waals surface area contributed by atoms with Crippen LogP contribution in [0.4, 0.5) is 0 Å². The molecule has 0 fully saturated rings. The van der Waals surface area contributed by atoms with Crippen LogP contribution in [0.25, 0.3) is 0 Å². The molecule has 17 nitrogen and oxygen atoms in total. The van der Waals surface area contributed by atoms with Gasteiger partial charge in [-0.05, 0) is 31.6 Å². The summed E-state index contributed by atoms with van der Waals surface area (Å²) in [6.07, 6.45) is 70.9. The van der Waals surface area contributed by atoms with E-state index >= 15 is 0 Å². The fraction of sp³-hybridized carbons (Fsp3) is 0.953. The number of ether oxygens (including phenoxy) is 4. The summed E-state index contributed by atoms with van der Waals surface area (Å²) in [6.45, 7) is 7.38. The van der Waals surface area contributed by atoms with E-state index in [4.69, 9.17) is 37.0 Å². The van der Waals surface area contributed by atoms with Crippen LogP contribution in [0.15, 0.2) is 0 Å². The second-order valence-corrected chi connectivity index (χ2v) is 33.7. The van der Waals surface area contributed by atoms with Crippen LogP contribution in [-0.4, -0.2) is 96.7 Å². The molecule has 0 bridgehead atoms. The van der Waals surface area contributed by atoms with Crippen molar-refractivity contribution in [2.75, 3.05) is 39.6 Å². The second kappa shape index (κ2) is 77.8. The molecule has 3 N–H and O–H groups in total. The van der Waals surface area contributed by atoms with Gasteiger partial charge in [-0.25, -0.2) is 9.13 Å². The minimum absolute atomic E-state index is 0.109. The molecule has 618 valence electrons. The van der Waals surface area contributed by atoms with Gasteiger partial charge in [0.25, 0.3) is 0 Å². The minimum Gasteiger partial charge on any atom is -0.462 e. The Hall–Kier alpha value is -1.94. The Morgan fingerprint density at radius 2 is 0.462 bits per heavy atom. The van der Waals surface area contributed by atoms with Crippen LogP contribution in [0.1, 0.15) is 458 Å². The predicted molar refractivity (Wildman–Crippen MR) is 428 cm³/mol. The minimum atomic E-state index is -4.96. The highest BCUT2D eigenvalue weighted by atomic mass is 31.2. The molecule has 0 aliphatic heterocycles. The molecule has 104 heavy (non-hydrogen) atoms. The summed E-state index contributed by atoms with van der Waals surface area (Å²) in [7, 11) is -9.92. The molecule has 0 aromatic rings. The summed E-state index contributed by atoms with van der Waals surface area (Å²) >= 11 is 0. The first kappa shape index (κ1) is 102. The SMILES string of the molecule is CCCCCCCCCCCCCCCCCCCCCCCCC(=O)O[C@H](COC(=O)CCCCCCCCCCCCCCCCC(C)CC)COP(=O)(O)OC[C@@H](O)COP(=O)(O)OC[C@@H](COC(=O)CCCCCCCCCC)OC(=O)CCCCCCCCCCCCCCCCCC. The van der Waals surface area contributed by atoms with Gasteiger partial charge in [0.2, 0.25) is 0 Å². The van der Waals surface area contributed by atoms with Crippen molar-refractivity contribution in [1.29, 1.82) is 0 Å². The van der Waals surface area contributed by atoms with Crippen LogP contribution >= 0.6 is 15.6 Å². The number of carbonyl (C=O) groups is 4. The van der Waals surface area contributed by atoms with Crippen LogP contribution in [0, 0.1) is 5.92 Å². The van der Waals surface area contributed by atoms with Crippen molar-refractivity contribution in [2.45, 2.75) is 477 Å². The molecule has 0 spiro atoms. The van der Waals surface area contributed by atoms with E-state index in [9.17, 15) is 43.2 Å². The van der Waals surface area contributed by atoms with Crippen molar-refractivity contribution < 1.29 is 80.2 Å². The van der Waals surface area contributed by atoms with Crippen LogP contribution in [-0.2, 0) is 65.4 Å². The number of phosphoric acid groups is 2. The zero-order chi connectivity index (χ0) is 76.2. The summed E-state index contributed by atoms with van der Waals surface area (Å²) in [5, 5.41) is 10.7. The van der Waals surface area contributed by atoms with Crippen molar-refractivity contribution in [2.24, 2.45) is 5.92 Å². The van der Waals surface area contributed by atoms with Crippen LogP contribution < -0.4 is 0 Å². The molecule has 0 heterocycles. The number of unbranched alkanes of at least 4 members (excludes halogenated alkanes) is 56. The summed E-state index contributed by atoms with van der Waals surface area (Å²) < 4.78 is 68.8. The third kappa shape index (κ3) is 76.8. The molecule has 19 heteroatoms. The van der Waals surface area contributed by atoms with E-state index in [0.29, 0.717) is 25.7 Å². The van der Waals surface area contributed by atoms with Gasteiger partial charge in [-0.3, -0.25) is 37.3 Å². The van der Waals surface area contributed by atoms with E-state index in [1.54, 1.807) is 0 Å². The number of hydrogen-bond acceptors (Lipinski definition) is 15. The molecule has 0 aliphatic rings. The summed E-state index contributed by atoms with van der Waals surface area (Å²) in [5.74, 6) is -1.25. The van der Waals surface area contributed by atoms with Crippen molar-refractivity contribution >= 4 is 39.5 Å². The third-order valence-corrected chi connectivity index (χ3v) is 22.3. The smallest absolute Gasteiger partial charge is 0.462 e. The maximum atomic E-state index is 13.1. The zero-order valence-corrected chi connectivity index (χ0v) is 70.0. The normalized spacial score (nSPS) is 14.0. The van der Waals surface area contributed by atoms with E-state index in [1.165, 1.54) is 283 Å². The number of esters is 4. The monoisotopic (exact) mass is 1520 g/mol. The van der Waals surface area contributed by atoms with Crippen LogP contribution in [0.2, 0.25) is 0 Å². The molecule has 0 aliphatic carbocycles. The Bertz CT molecular complexity index is 1980. The Morgan fingerprint density at radius 1 is 0.269 bits per heavy atom. The highest BCUT2D eigenvalue weighted by Gasteiger charge is 2.30. The number of phosphoric ester groups is 2. The van der Waals surface area contributed by atoms with Crippen molar-refractivity contribution in [3.8, 4) is 0 Å². The van der Waals surface area contributed by atoms with Crippen LogP contribution in [0.3, 0.4) is 0 Å². The highest BCUT2D eigenvalue weighted by Crippen LogP contribution is 2.45. The lowest BCUT2D eigenvalue weighted by Crippen LogP contribution is -2.30. The number of hydrogen-bond donors (Lipinski definition) is 3. The first-order chi connectivity index (χ1) is 50.6. The van der Waals surface area contributed by atoms with E-state index in [0.717, 1.165) is 95.8 Å². The Morgan fingerprint density at radius 3 is 0.683 bits per heavy atom. The molecule has 0 amide bonds. The summed E-state index contributed by atoms with van der Waals surface area (Å²) in [5.41, 5.74) is 0. The topological polar surface area (TPSA) is 237 Å². The molecule has 0 saturated heterocycles. The highest BCUT2D eigenvalue weighted by molar-refractivity contribution is 7.47. The molecule has 3 unspecified atom stereocenters. The molecule has 0 saturated carbocycles. The molecule has 0 rings (SSSR count). The number of aliphatic hydroxyl groups excluding tert-OH is 1. The standard InChI is InChI=1S/C85H166O17P2/c1-6-10-13-16-19-22-24-26-28-30-31-32-33-34-35-37-43-47-51-56-61-66-71-85(90)102-81(75-96-83(88)69-64-59-54-49-45-41-39-38-40-44-48-52-57-62-67-78(5)9-4)77-100-104(93,94)98-73-79(86)72-97-103(91,92)99-76-80(74-95-82(87)68-63-58-53-21-18-15-12-8-3)101-84(89)70-65-60-55-50-46-42-36-29-27-25-23-20-17-14-11-7-2/h78-81,86H,6-77H2,1-5H3,(H,91,92)(H,93,94)/t78?,79-,80+,81+/m0/s1. The van der Waals surface area contributed by atoms with E-state index in [-0.39, 0.29) is 25.7 Å². The predicted octanol–water partition coefficient (Wildman–Crippen LogP) is 26.0. The van der Waals surface area contributed by atoms with Crippen LogP contribution in [0.5, 0.6) is 0 Å². The van der Waals surface area contributed by atoms with Crippen molar-refractivity contribution in [1.82, 2.24) is 0 Å². The first-order valence-corrected chi connectivity index (χ1v) is 47.2. The molecular weight excluding hydrogens is 1350 g/mol. The number of aliphatic hydroxyl groups is 1.